The normalized spacial score (nSPS) is 15.5. The number of carbonyl (C=O) groups excluding carboxylic acids is 2. The van der Waals surface area contributed by atoms with E-state index in [2.05, 4.69) is 0 Å². The topological polar surface area (TPSA) is 96.4 Å². The summed E-state index contributed by atoms with van der Waals surface area (Å²) >= 11 is 12.3. The molecule has 0 bridgehead atoms. The van der Waals surface area contributed by atoms with Crippen LogP contribution in [0.2, 0.25) is 10.0 Å². The Hall–Kier alpha value is -3.53. The minimum absolute atomic E-state index is 0.0852. The summed E-state index contributed by atoms with van der Waals surface area (Å²) in [6.45, 7) is 0.389. The lowest BCUT2D eigenvalue weighted by molar-refractivity contribution is -0.117. The van der Waals surface area contributed by atoms with Crippen LogP contribution in [-0.2, 0) is 4.79 Å². The van der Waals surface area contributed by atoms with Crippen LogP contribution >= 0.6 is 23.2 Å². The molecule has 2 amide bonds. The monoisotopic (exact) mass is 465 g/mol. The van der Waals surface area contributed by atoms with Crippen molar-refractivity contribution in [2.45, 2.75) is 12.3 Å². The van der Waals surface area contributed by atoms with Crippen LogP contribution in [-0.4, -0.2) is 18.4 Å². The second-order valence-electron chi connectivity index (χ2n) is 7.33. The number of amides is 2. The summed E-state index contributed by atoms with van der Waals surface area (Å²) in [6, 6.07) is 18.9. The molecule has 1 unspecified atom stereocenters. The summed E-state index contributed by atoms with van der Waals surface area (Å²) in [4.78, 5) is 25.9. The van der Waals surface area contributed by atoms with E-state index in [1.807, 2.05) is 12.1 Å². The van der Waals surface area contributed by atoms with Crippen LogP contribution in [0.15, 0.2) is 60.7 Å². The van der Waals surface area contributed by atoms with Gasteiger partial charge < -0.3 is 15.4 Å². The molecule has 3 aromatic rings. The highest BCUT2D eigenvalue weighted by atomic mass is 35.5. The van der Waals surface area contributed by atoms with Crippen LogP contribution in [0.25, 0.3) is 0 Å². The number of nitrogens with zero attached hydrogens (tertiary/aromatic N) is 2. The molecular weight excluding hydrogens is 449 g/mol. The van der Waals surface area contributed by atoms with Gasteiger partial charge in [0, 0.05) is 40.7 Å². The quantitative estimate of drug-likeness (QED) is 0.554. The van der Waals surface area contributed by atoms with Crippen LogP contribution in [0.3, 0.4) is 0 Å². The number of nitriles is 1. The second kappa shape index (κ2) is 8.91. The van der Waals surface area contributed by atoms with Gasteiger partial charge in [0.2, 0.25) is 11.8 Å². The molecule has 1 atom stereocenters. The molecule has 1 heterocycles. The molecule has 0 spiro atoms. The van der Waals surface area contributed by atoms with E-state index < -0.39 is 5.91 Å². The number of carbonyl (C=O) groups is 2. The Morgan fingerprint density at radius 1 is 1.09 bits per heavy atom. The van der Waals surface area contributed by atoms with Gasteiger partial charge in [-0.3, -0.25) is 9.59 Å². The lowest BCUT2D eigenvalue weighted by Crippen LogP contribution is -2.24. The van der Waals surface area contributed by atoms with Crippen molar-refractivity contribution in [3.8, 4) is 17.6 Å². The number of hydrogen-bond acceptors (Lipinski definition) is 4. The molecule has 0 aromatic heterocycles. The molecule has 1 fully saturated rings. The predicted molar refractivity (Wildman–Crippen MR) is 122 cm³/mol. The highest BCUT2D eigenvalue weighted by molar-refractivity contribution is 6.32. The van der Waals surface area contributed by atoms with Gasteiger partial charge in [-0.05, 0) is 42.5 Å². The van der Waals surface area contributed by atoms with Crippen molar-refractivity contribution in [2.24, 2.45) is 5.73 Å². The Balaban J connectivity index is 1.66. The molecular formula is C24H17Cl2N3O3. The molecule has 6 nitrogen and oxygen atoms in total. The van der Waals surface area contributed by atoms with Crippen LogP contribution in [0.4, 0.5) is 5.69 Å². The van der Waals surface area contributed by atoms with Gasteiger partial charge >= 0.3 is 0 Å². The Labute approximate surface area is 194 Å². The third kappa shape index (κ3) is 4.26. The number of nitrogens with two attached hydrogens (primary N) is 1. The molecule has 4 rings (SSSR count). The van der Waals surface area contributed by atoms with Crippen molar-refractivity contribution in [3.05, 3.63) is 87.4 Å². The van der Waals surface area contributed by atoms with Crippen LogP contribution in [0, 0.1) is 11.3 Å². The Bertz CT molecular complexity index is 1270. The fraction of sp³-hybridized carbons (Fsp3) is 0.125. The van der Waals surface area contributed by atoms with Gasteiger partial charge in [0.25, 0.3) is 0 Å². The molecule has 0 radical (unpaired) electrons. The van der Waals surface area contributed by atoms with E-state index in [-0.39, 0.29) is 28.8 Å². The molecule has 1 saturated heterocycles. The number of anilines is 1. The lowest BCUT2D eigenvalue weighted by atomic mass is 9.97. The average molecular weight is 466 g/mol. The maximum absolute atomic E-state index is 12.8. The van der Waals surface area contributed by atoms with Gasteiger partial charge in [0.05, 0.1) is 5.02 Å². The minimum atomic E-state index is -0.557. The zero-order valence-corrected chi connectivity index (χ0v) is 18.2. The van der Waals surface area contributed by atoms with Gasteiger partial charge in [-0.2, -0.15) is 5.26 Å². The number of ether oxygens (including phenoxy) is 1. The highest BCUT2D eigenvalue weighted by Gasteiger charge is 2.33. The van der Waals surface area contributed by atoms with Crippen LogP contribution in [0.5, 0.6) is 11.5 Å². The van der Waals surface area contributed by atoms with Crippen LogP contribution in [0.1, 0.15) is 33.8 Å². The predicted octanol–water partition coefficient (Wildman–Crippen LogP) is 5.28. The molecule has 0 saturated carbocycles. The van der Waals surface area contributed by atoms with E-state index in [1.165, 1.54) is 0 Å². The van der Waals surface area contributed by atoms with Crippen molar-refractivity contribution in [1.29, 1.82) is 5.26 Å². The Kier molecular flexibility index (Phi) is 6.04. The summed E-state index contributed by atoms with van der Waals surface area (Å²) in [5.74, 6) is -0.0754. The van der Waals surface area contributed by atoms with E-state index in [4.69, 9.17) is 33.7 Å². The summed E-state index contributed by atoms with van der Waals surface area (Å²) < 4.78 is 6.05. The molecule has 0 aliphatic carbocycles. The van der Waals surface area contributed by atoms with Crippen molar-refractivity contribution < 1.29 is 14.3 Å². The van der Waals surface area contributed by atoms with Gasteiger partial charge in [0.1, 0.15) is 23.1 Å². The standard InChI is InChI=1S/C24H17Cl2N3O3/c25-16-7-8-18(22(11-16)32-21-6-2-5-20(26)19(21)12-27)15-10-23(30)29(13-15)17-4-1-3-14(9-17)24(28)31/h1-9,11,15H,10,13H2,(H2,28,31). The number of rotatable bonds is 5. The zero-order valence-electron chi connectivity index (χ0n) is 16.7. The van der Waals surface area contributed by atoms with Gasteiger partial charge in [-0.25, -0.2) is 0 Å². The van der Waals surface area contributed by atoms with Gasteiger partial charge in [-0.15, -0.1) is 0 Å². The number of benzene rings is 3. The maximum atomic E-state index is 12.8. The fourth-order valence-corrected chi connectivity index (χ4v) is 4.11. The molecule has 3 aromatic carbocycles. The van der Waals surface area contributed by atoms with Gasteiger partial charge in [0.15, 0.2) is 0 Å². The summed E-state index contributed by atoms with van der Waals surface area (Å²) in [7, 11) is 0. The number of halogens is 2. The third-order valence-electron chi connectivity index (χ3n) is 5.29. The second-order valence-corrected chi connectivity index (χ2v) is 8.17. The molecule has 2 N–H and O–H groups in total. The van der Waals surface area contributed by atoms with E-state index in [1.54, 1.807) is 59.5 Å². The van der Waals surface area contributed by atoms with E-state index in [0.29, 0.717) is 34.3 Å². The van der Waals surface area contributed by atoms with E-state index in [9.17, 15) is 14.9 Å². The number of primary amides is 1. The van der Waals surface area contributed by atoms with Crippen molar-refractivity contribution in [2.75, 3.05) is 11.4 Å². The Morgan fingerprint density at radius 2 is 1.88 bits per heavy atom. The van der Waals surface area contributed by atoms with Gasteiger partial charge in [-0.1, -0.05) is 41.4 Å². The number of hydrogen-bond donors (Lipinski definition) is 1. The maximum Gasteiger partial charge on any atom is 0.248 e. The SMILES string of the molecule is N#Cc1c(Cl)cccc1Oc1cc(Cl)ccc1C1CC(=O)N(c2cccc(C(N)=O)c2)C1. The highest BCUT2D eigenvalue weighted by Crippen LogP contribution is 2.40. The Morgan fingerprint density at radius 3 is 2.62 bits per heavy atom. The van der Waals surface area contributed by atoms with Crippen molar-refractivity contribution in [1.82, 2.24) is 0 Å². The first-order valence-corrected chi connectivity index (χ1v) is 10.5. The zero-order chi connectivity index (χ0) is 22.8. The first-order chi connectivity index (χ1) is 15.4. The van der Waals surface area contributed by atoms with Crippen molar-refractivity contribution >= 4 is 40.7 Å². The summed E-state index contributed by atoms with van der Waals surface area (Å²) in [6.07, 6.45) is 0.249. The van der Waals surface area contributed by atoms with E-state index in [0.717, 1.165) is 5.56 Å². The average Bonchev–Trinajstić information content (AvgIpc) is 3.15. The molecule has 160 valence electrons. The van der Waals surface area contributed by atoms with Crippen molar-refractivity contribution in [3.63, 3.8) is 0 Å². The largest absolute Gasteiger partial charge is 0.456 e. The smallest absolute Gasteiger partial charge is 0.248 e. The minimum Gasteiger partial charge on any atom is -0.456 e. The lowest BCUT2D eigenvalue weighted by Gasteiger charge is -2.19. The molecule has 32 heavy (non-hydrogen) atoms. The first kappa shape index (κ1) is 21.7. The molecule has 8 heteroatoms. The van der Waals surface area contributed by atoms with Crippen LogP contribution < -0.4 is 15.4 Å². The molecule has 1 aliphatic heterocycles. The third-order valence-corrected chi connectivity index (χ3v) is 5.84. The fourth-order valence-electron chi connectivity index (χ4n) is 3.74. The first-order valence-electron chi connectivity index (χ1n) is 9.73. The van der Waals surface area contributed by atoms with E-state index >= 15 is 0 Å². The summed E-state index contributed by atoms with van der Waals surface area (Å²) in [5.41, 5.74) is 7.30. The summed E-state index contributed by atoms with van der Waals surface area (Å²) in [5, 5.41) is 10.2. The molecule has 1 aliphatic rings.